The maximum Gasteiger partial charge on any atom is 0.269 e. The Hall–Kier alpha value is -3.52. The van der Waals surface area contributed by atoms with Crippen LogP contribution in [0, 0.1) is 11.6 Å². The average molecular weight is 665 g/mol. The highest BCUT2D eigenvalue weighted by Crippen LogP contribution is 2.38. The summed E-state index contributed by atoms with van der Waals surface area (Å²) in [7, 11) is -1.74. The molecule has 0 amide bonds. The molecule has 1 aliphatic heterocycles. The number of hydrogen-bond donors (Lipinski definition) is 1. The van der Waals surface area contributed by atoms with E-state index in [1.807, 2.05) is 24.3 Å². The van der Waals surface area contributed by atoms with Crippen LogP contribution >= 0.6 is 23.1 Å². The van der Waals surface area contributed by atoms with E-state index >= 15 is 8.78 Å². The largest absolute Gasteiger partial charge is 0.497 e. The van der Waals surface area contributed by atoms with Crippen LogP contribution in [-0.4, -0.2) is 51.7 Å². The first-order valence-corrected chi connectivity index (χ1v) is 16.3. The van der Waals surface area contributed by atoms with Crippen LogP contribution in [0.25, 0.3) is 0 Å². The molecule has 0 saturated carbocycles. The van der Waals surface area contributed by atoms with E-state index in [4.69, 9.17) is 25.8 Å². The topological polar surface area (TPSA) is 103 Å². The van der Waals surface area contributed by atoms with Crippen molar-refractivity contribution in [3.8, 4) is 17.2 Å². The second kappa shape index (κ2) is 13.6. The first-order chi connectivity index (χ1) is 21.2. The summed E-state index contributed by atoms with van der Waals surface area (Å²) in [6, 6.07) is 13.9. The number of sulfonamides is 1. The summed E-state index contributed by atoms with van der Waals surface area (Å²) < 4.78 is 79.6. The van der Waals surface area contributed by atoms with Gasteiger partial charge in [-0.05, 0) is 62.2 Å². The van der Waals surface area contributed by atoms with Gasteiger partial charge in [0.1, 0.15) is 28.5 Å². The van der Waals surface area contributed by atoms with Gasteiger partial charge < -0.3 is 19.5 Å². The number of halogens is 3. The molecule has 0 bridgehead atoms. The van der Waals surface area contributed by atoms with Crippen molar-refractivity contribution in [3.05, 3.63) is 88.7 Å². The van der Waals surface area contributed by atoms with Crippen molar-refractivity contribution in [2.45, 2.75) is 36.1 Å². The number of ether oxygens (including phenoxy) is 3. The lowest BCUT2D eigenvalue weighted by Crippen LogP contribution is -2.41. The van der Waals surface area contributed by atoms with Gasteiger partial charge in [-0.15, -0.1) is 0 Å². The summed E-state index contributed by atoms with van der Waals surface area (Å²) in [6.45, 7) is 1.43. The van der Waals surface area contributed by atoms with Crippen molar-refractivity contribution in [2.24, 2.45) is 0 Å². The predicted molar refractivity (Wildman–Crippen MR) is 165 cm³/mol. The number of benzene rings is 3. The molecule has 1 aromatic heterocycles. The SMILES string of the molecule is COc1ccc(CN(c2ncns2)S(=O)(=O)c2cc(F)c(OCCC3(c4ccc(Cl)cc4)CCNCC3)cc2F)c(OC)c1. The Labute approximate surface area is 264 Å². The number of nitrogens with zero attached hydrogens (tertiary/aromatic N) is 3. The van der Waals surface area contributed by atoms with E-state index in [1.165, 1.54) is 20.5 Å². The van der Waals surface area contributed by atoms with E-state index in [2.05, 4.69) is 14.7 Å². The summed E-state index contributed by atoms with van der Waals surface area (Å²) in [5.74, 6) is -1.70. The fourth-order valence-electron chi connectivity index (χ4n) is 5.36. The average Bonchev–Trinajstić information content (AvgIpc) is 3.56. The van der Waals surface area contributed by atoms with Crippen molar-refractivity contribution in [2.75, 3.05) is 38.2 Å². The zero-order valence-electron chi connectivity index (χ0n) is 24.1. The van der Waals surface area contributed by atoms with Crippen molar-refractivity contribution in [1.82, 2.24) is 14.7 Å². The van der Waals surface area contributed by atoms with Crippen LogP contribution in [0.1, 0.15) is 30.4 Å². The van der Waals surface area contributed by atoms with Gasteiger partial charge in [0.25, 0.3) is 10.0 Å². The highest BCUT2D eigenvalue weighted by Gasteiger charge is 2.35. The van der Waals surface area contributed by atoms with Gasteiger partial charge in [0, 0.05) is 45.7 Å². The van der Waals surface area contributed by atoms with Crippen molar-refractivity contribution in [1.29, 1.82) is 0 Å². The maximum absolute atomic E-state index is 15.5. The maximum atomic E-state index is 15.5. The predicted octanol–water partition coefficient (Wildman–Crippen LogP) is 5.97. The fourth-order valence-corrected chi connectivity index (χ4v) is 7.67. The number of anilines is 1. The zero-order chi connectivity index (χ0) is 31.3. The lowest BCUT2D eigenvalue weighted by Gasteiger charge is -2.38. The van der Waals surface area contributed by atoms with Crippen LogP contribution in [0.5, 0.6) is 17.2 Å². The molecule has 14 heteroatoms. The molecule has 0 atom stereocenters. The number of rotatable bonds is 12. The van der Waals surface area contributed by atoms with E-state index in [0.29, 0.717) is 34.6 Å². The number of hydrogen-bond acceptors (Lipinski definition) is 9. The minimum atomic E-state index is -4.65. The quantitative estimate of drug-likeness (QED) is 0.198. The molecule has 0 spiro atoms. The van der Waals surface area contributed by atoms with E-state index < -0.39 is 26.6 Å². The van der Waals surface area contributed by atoms with Gasteiger partial charge in [0.15, 0.2) is 11.6 Å². The van der Waals surface area contributed by atoms with E-state index in [1.54, 1.807) is 18.2 Å². The molecule has 1 aliphatic rings. The molecule has 1 fully saturated rings. The van der Waals surface area contributed by atoms with Crippen LogP contribution in [0.15, 0.2) is 65.8 Å². The molecular weight excluding hydrogens is 634 g/mol. The molecule has 2 heterocycles. The van der Waals surface area contributed by atoms with Crippen LogP contribution < -0.4 is 23.8 Å². The number of aromatic nitrogens is 2. The fraction of sp³-hybridized carbons (Fsp3) is 0.333. The molecule has 1 N–H and O–H groups in total. The third-order valence-corrected chi connectivity index (χ3v) is 10.6. The third kappa shape index (κ3) is 6.75. The van der Waals surface area contributed by atoms with Gasteiger partial charge in [-0.1, -0.05) is 23.7 Å². The van der Waals surface area contributed by atoms with Gasteiger partial charge in [0.05, 0.1) is 27.4 Å². The monoisotopic (exact) mass is 664 g/mol. The molecule has 3 aromatic carbocycles. The van der Waals surface area contributed by atoms with Crippen molar-refractivity contribution < 1.29 is 31.4 Å². The van der Waals surface area contributed by atoms with Crippen LogP contribution in [0.4, 0.5) is 13.9 Å². The highest BCUT2D eigenvalue weighted by molar-refractivity contribution is 7.93. The highest BCUT2D eigenvalue weighted by atomic mass is 35.5. The summed E-state index contributed by atoms with van der Waals surface area (Å²) in [5.41, 5.74) is 1.32. The number of methoxy groups -OCH3 is 2. The summed E-state index contributed by atoms with van der Waals surface area (Å²) >= 11 is 6.89. The molecule has 0 unspecified atom stereocenters. The Morgan fingerprint density at radius 2 is 1.75 bits per heavy atom. The van der Waals surface area contributed by atoms with Crippen molar-refractivity contribution >= 4 is 38.3 Å². The summed E-state index contributed by atoms with van der Waals surface area (Å²) in [5, 5.41) is 3.96. The standard InChI is InChI=1S/C30H31ClF2N4O5S2/c1-40-23-8-3-20(26(15-23)41-2)18-37(29-35-19-36-43-29)44(38,39)28-17-24(32)27(16-25(28)33)42-14-11-30(9-12-34-13-10-30)21-4-6-22(31)7-5-21/h3-8,15-17,19,34H,9-14,18H2,1-2H3. The number of piperidine rings is 1. The molecule has 0 radical (unpaired) electrons. The Kier molecular flexibility index (Phi) is 9.88. The molecule has 1 saturated heterocycles. The van der Waals surface area contributed by atoms with E-state index in [-0.39, 0.29) is 29.4 Å². The minimum absolute atomic E-state index is 0.0301. The summed E-state index contributed by atoms with van der Waals surface area (Å²) in [6.07, 6.45) is 3.41. The minimum Gasteiger partial charge on any atom is -0.497 e. The van der Waals surface area contributed by atoms with Gasteiger partial charge in [0.2, 0.25) is 5.13 Å². The molecule has 44 heavy (non-hydrogen) atoms. The first kappa shape index (κ1) is 31.9. The Balaban J connectivity index is 1.39. The second-order valence-corrected chi connectivity index (χ2v) is 13.3. The van der Waals surface area contributed by atoms with Crippen molar-refractivity contribution in [3.63, 3.8) is 0 Å². The van der Waals surface area contributed by atoms with Gasteiger partial charge in [-0.2, -0.15) is 4.37 Å². The molecule has 234 valence electrons. The molecule has 4 aromatic rings. The number of nitrogens with one attached hydrogen (secondary N) is 1. The molecule has 5 rings (SSSR count). The van der Waals surface area contributed by atoms with Gasteiger partial charge >= 0.3 is 0 Å². The van der Waals surface area contributed by atoms with Crippen LogP contribution in [0.2, 0.25) is 5.02 Å². The third-order valence-electron chi connectivity index (χ3n) is 7.78. The van der Waals surface area contributed by atoms with E-state index in [9.17, 15) is 8.42 Å². The second-order valence-electron chi connectivity index (χ2n) is 10.3. The van der Waals surface area contributed by atoms with E-state index in [0.717, 1.165) is 53.4 Å². The zero-order valence-corrected chi connectivity index (χ0v) is 26.4. The van der Waals surface area contributed by atoms with Crippen LogP contribution in [-0.2, 0) is 22.0 Å². The van der Waals surface area contributed by atoms with Gasteiger partial charge in [-0.25, -0.2) is 26.5 Å². The lowest BCUT2D eigenvalue weighted by molar-refractivity contribution is 0.212. The summed E-state index contributed by atoms with van der Waals surface area (Å²) in [4.78, 5) is 3.16. The van der Waals surface area contributed by atoms with Crippen LogP contribution in [0.3, 0.4) is 0 Å². The lowest BCUT2D eigenvalue weighted by atomic mass is 9.71. The Morgan fingerprint density at radius 3 is 2.41 bits per heavy atom. The van der Waals surface area contributed by atoms with Gasteiger partial charge in [-0.3, -0.25) is 0 Å². The molecular formula is C30H31ClF2N4O5S2. The first-order valence-electron chi connectivity index (χ1n) is 13.8. The Bertz CT molecular complexity index is 1690. The normalized spacial score (nSPS) is 14.7. The Morgan fingerprint density at radius 1 is 1.00 bits per heavy atom. The molecule has 0 aliphatic carbocycles. The smallest absolute Gasteiger partial charge is 0.269 e. The molecule has 9 nitrogen and oxygen atoms in total.